The molecule has 0 unspecified atom stereocenters. The minimum absolute atomic E-state index is 0.0589. The molecule has 0 radical (unpaired) electrons. The number of aliphatic hydroxyl groups is 2. The number of fused-ring (bicyclic) bond motifs is 3. The molecule has 0 spiro atoms. The third kappa shape index (κ3) is 3.59. The van der Waals surface area contributed by atoms with Crippen LogP contribution in [0.5, 0.6) is 0 Å². The molecule has 2 aliphatic rings. The van der Waals surface area contributed by atoms with Crippen molar-refractivity contribution in [1.29, 1.82) is 5.26 Å². The van der Waals surface area contributed by atoms with E-state index in [4.69, 9.17) is 16.2 Å². The summed E-state index contributed by atoms with van der Waals surface area (Å²) < 4.78 is 5.68. The lowest BCUT2D eigenvalue weighted by Gasteiger charge is -2.25. The van der Waals surface area contributed by atoms with Crippen molar-refractivity contribution in [2.24, 2.45) is 0 Å². The monoisotopic (exact) mass is 427 g/mol. The fraction of sp³-hybridized carbons (Fsp3) is 0.500. The molecule has 1 amide bonds. The topological polar surface area (TPSA) is 175 Å². The number of anilines is 4. The molecule has 11 nitrogen and oxygen atoms in total. The van der Waals surface area contributed by atoms with Gasteiger partial charge < -0.3 is 31.3 Å². The van der Waals surface area contributed by atoms with E-state index in [0.29, 0.717) is 35.3 Å². The molecule has 11 heteroatoms. The van der Waals surface area contributed by atoms with Gasteiger partial charge in [-0.1, -0.05) is 0 Å². The summed E-state index contributed by atoms with van der Waals surface area (Å²) in [6.45, 7) is 0.951. The zero-order valence-electron chi connectivity index (χ0n) is 17.0. The predicted octanol–water partition coefficient (Wildman–Crippen LogP) is -0.475. The van der Waals surface area contributed by atoms with Crippen LogP contribution in [0.2, 0.25) is 0 Å². The maximum atomic E-state index is 12.9. The van der Waals surface area contributed by atoms with Crippen LogP contribution >= 0.6 is 0 Å². The second-order valence-corrected chi connectivity index (χ2v) is 7.61. The van der Waals surface area contributed by atoms with E-state index in [9.17, 15) is 20.3 Å². The Kier molecular flexibility index (Phi) is 5.77. The zero-order chi connectivity index (χ0) is 22.1. The molecule has 1 atom stereocenters. The number of pyridine rings is 2. The lowest BCUT2D eigenvalue weighted by Crippen LogP contribution is -2.35. The average molecular weight is 427 g/mol. The Morgan fingerprint density at radius 3 is 2.52 bits per heavy atom. The Hall–Kier alpha value is -3.20. The first kappa shape index (κ1) is 21.0. The van der Waals surface area contributed by atoms with E-state index in [2.05, 4.69) is 16.0 Å². The van der Waals surface area contributed by atoms with Crippen LogP contribution in [0.15, 0.2) is 0 Å². The molecule has 1 fully saturated rings. The van der Waals surface area contributed by atoms with E-state index in [0.717, 1.165) is 12.8 Å². The maximum Gasteiger partial charge on any atom is 0.232 e. The summed E-state index contributed by atoms with van der Waals surface area (Å²) in [5.41, 5.74) is 13.2. The fourth-order valence-electron chi connectivity index (χ4n) is 4.34. The van der Waals surface area contributed by atoms with Gasteiger partial charge in [-0.15, -0.1) is 0 Å². The second-order valence-electron chi connectivity index (χ2n) is 7.61. The molecule has 2 aliphatic heterocycles. The number of nitrogens with zero attached hydrogens (tertiary/aromatic N) is 5. The molecular weight excluding hydrogens is 402 g/mol. The van der Waals surface area contributed by atoms with Crippen molar-refractivity contribution in [3.8, 4) is 6.07 Å². The number of rotatable bonds is 7. The molecule has 2 aromatic rings. The summed E-state index contributed by atoms with van der Waals surface area (Å²) in [4.78, 5) is 24.8. The SMILES string of the molecule is N#Cc1c(N(CCO)CCO)nc(N)c2c(N)nc3c(c12)CC(=O)N3C[C@@H]1CCCO1. The quantitative estimate of drug-likeness (QED) is 0.452. The Balaban J connectivity index is 1.92. The number of ether oxygens (including phenoxy) is 1. The van der Waals surface area contributed by atoms with Gasteiger partial charge in [0.05, 0.1) is 37.7 Å². The van der Waals surface area contributed by atoms with Crippen LogP contribution in [0, 0.1) is 11.3 Å². The van der Waals surface area contributed by atoms with E-state index < -0.39 is 0 Å². The van der Waals surface area contributed by atoms with Gasteiger partial charge in [0.1, 0.15) is 34.9 Å². The average Bonchev–Trinajstić information content (AvgIpc) is 3.36. The summed E-state index contributed by atoms with van der Waals surface area (Å²) in [5.74, 6) is 0.656. The van der Waals surface area contributed by atoms with Gasteiger partial charge in [-0.05, 0) is 12.8 Å². The van der Waals surface area contributed by atoms with Crippen LogP contribution in [0.1, 0.15) is 24.0 Å². The lowest BCUT2D eigenvalue weighted by molar-refractivity contribution is -0.117. The molecule has 0 saturated carbocycles. The van der Waals surface area contributed by atoms with Crippen molar-refractivity contribution in [1.82, 2.24) is 9.97 Å². The van der Waals surface area contributed by atoms with Crippen LogP contribution in [0.25, 0.3) is 10.8 Å². The number of carbonyl (C=O) groups excluding carboxylic acids is 1. The number of aliphatic hydroxyl groups excluding tert-OH is 2. The smallest absolute Gasteiger partial charge is 0.232 e. The first-order valence-electron chi connectivity index (χ1n) is 10.2. The Labute approximate surface area is 178 Å². The highest BCUT2D eigenvalue weighted by Gasteiger charge is 2.36. The van der Waals surface area contributed by atoms with Gasteiger partial charge in [0.2, 0.25) is 5.91 Å². The molecule has 1 saturated heterocycles. The van der Waals surface area contributed by atoms with Gasteiger partial charge >= 0.3 is 0 Å². The number of nitrogen functional groups attached to an aromatic ring is 2. The summed E-state index contributed by atoms with van der Waals surface area (Å²) >= 11 is 0. The van der Waals surface area contributed by atoms with Gasteiger partial charge in [0.15, 0.2) is 0 Å². The highest BCUT2D eigenvalue weighted by Crippen LogP contribution is 2.42. The molecule has 4 heterocycles. The lowest BCUT2D eigenvalue weighted by atomic mass is 10.0. The van der Waals surface area contributed by atoms with Crippen molar-refractivity contribution in [3.63, 3.8) is 0 Å². The van der Waals surface area contributed by atoms with Gasteiger partial charge in [-0.25, -0.2) is 9.97 Å². The summed E-state index contributed by atoms with van der Waals surface area (Å²) in [6, 6.07) is 2.16. The highest BCUT2D eigenvalue weighted by atomic mass is 16.5. The van der Waals surface area contributed by atoms with Crippen molar-refractivity contribution in [3.05, 3.63) is 11.1 Å². The van der Waals surface area contributed by atoms with Crippen LogP contribution in [0.3, 0.4) is 0 Å². The molecule has 2 aromatic heterocycles. The van der Waals surface area contributed by atoms with E-state index in [1.54, 1.807) is 9.80 Å². The maximum absolute atomic E-state index is 12.9. The Morgan fingerprint density at radius 2 is 1.90 bits per heavy atom. The van der Waals surface area contributed by atoms with E-state index in [1.807, 2.05) is 0 Å². The highest BCUT2D eigenvalue weighted by molar-refractivity contribution is 6.13. The van der Waals surface area contributed by atoms with Gasteiger partial charge in [0, 0.05) is 30.6 Å². The Bertz CT molecular complexity index is 1060. The summed E-state index contributed by atoms with van der Waals surface area (Å²) in [7, 11) is 0. The van der Waals surface area contributed by atoms with Crippen LogP contribution in [-0.2, 0) is 16.0 Å². The van der Waals surface area contributed by atoms with Crippen molar-refractivity contribution in [2.45, 2.75) is 25.4 Å². The number of aromatic nitrogens is 2. The number of hydrogen-bond donors (Lipinski definition) is 4. The third-order valence-corrected chi connectivity index (χ3v) is 5.71. The molecule has 0 bridgehead atoms. The molecule has 4 rings (SSSR count). The number of carbonyl (C=O) groups is 1. The molecular formula is C20H25N7O4. The van der Waals surface area contributed by atoms with Gasteiger partial charge in [-0.2, -0.15) is 5.26 Å². The Morgan fingerprint density at radius 1 is 1.19 bits per heavy atom. The summed E-state index contributed by atoms with van der Waals surface area (Å²) in [6.07, 6.45) is 1.81. The van der Waals surface area contributed by atoms with Crippen LogP contribution in [0.4, 0.5) is 23.3 Å². The van der Waals surface area contributed by atoms with Crippen molar-refractivity contribution in [2.75, 3.05) is 60.7 Å². The minimum Gasteiger partial charge on any atom is -0.395 e. The minimum atomic E-state index is -0.200. The van der Waals surface area contributed by atoms with Crippen LogP contribution < -0.4 is 21.3 Å². The van der Waals surface area contributed by atoms with E-state index >= 15 is 0 Å². The zero-order valence-corrected chi connectivity index (χ0v) is 17.0. The van der Waals surface area contributed by atoms with Gasteiger partial charge in [0.25, 0.3) is 0 Å². The number of hydrogen-bond acceptors (Lipinski definition) is 10. The largest absolute Gasteiger partial charge is 0.395 e. The first-order valence-corrected chi connectivity index (χ1v) is 10.2. The van der Waals surface area contributed by atoms with E-state index in [-0.39, 0.29) is 67.8 Å². The predicted molar refractivity (Wildman–Crippen MR) is 114 cm³/mol. The molecule has 0 aliphatic carbocycles. The number of amides is 1. The first-order chi connectivity index (χ1) is 15.0. The summed E-state index contributed by atoms with van der Waals surface area (Å²) in [5, 5.41) is 29.6. The van der Waals surface area contributed by atoms with E-state index in [1.165, 1.54) is 0 Å². The molecule has 6 N–H and O–H groups in total. The van der Waals surface area contributed by atoms with Crippen molar-refractivity contribution >= 4 is 40.0 Å². The normalized spacial score (nSPS) is 17.9. The van der Waals surface area contributed by atoms with Crippen LogP contribution in [-0.4, -0.2) is 71.6 Å². The molecule has 164 valence electrons. The van der Waals surface area contributed by atoms with Gasteiger partial charge in [-0.3, -0.25) is 9.69 Å². The molecule has 0 aromatic carbocycles. The number of nitrogens with two attached hydrogens (primary N) is 2. The standard InChI is InChI=1S/C20H25N7O4/c21-9-13-15-12-8-14(30)27(10-11-2-1-7-31-11)20(12)25-18(23)16(15)17(22)24-19(13)26(3-5-28)4-6-29/h11,28-29H,1-8,10H2,(H2,22,24)(H2,23,25)/t11-/m0/s1. The van der Waals surface area contributed by atoms with Crippen molar-refractivity contribution < 1.29 is 19.7 Å². The fourth-order valence-corrected chi connectivity index (χ4v) is 4.34. The molecule has 31 heavy (non-hydrogen) atoms. The third-order valence-electron chi connectivity index (χ3n) is 5.71. The number of nitriles is 1. The second kappa shape index (κ2) is 8.50.